The first kappa shape index (κ1) is 18.0. The Morgan fingerprint density at radius 2 is 2.04 bits per heavy atom. The third kappa shape index (κ3) is 4.64. The number of hydrogen-bond donors (Lipinski definition) is 0. The monoisotopic (exact) mass is 337 g/mol. The molecular weight excluding hydrogens is 306 g/mol. The molecule has 2 heteroatoms. The van der Waals surface area contributed by atoms with Crippen LogP contribution in [0.4, 0.5) is 0 Å². The lowest BCUT2D eigenvalue weighted by Crippen LogP contribution is -2.28. The smallest absolute Gasteiger partial charge is 0.0791 e. The van der Waals surface area contributed by atoms with E-state index >= 15 is 0 Å². The second-order valence-electron chi connectivity index (χ2n) is 7.05. The van der Waals surface area contributed by atoms with E-state index in [0.29, 0.717) is 0 Å². The number of aryl methyl sites for hydroxylation is 1. The SMILES string of the molecule is CCCCCN(CC1=CCCc2ccccc21)C1=CCC(OC)C=C1. The molecule has 3 rings (SSSR count). The van der Waals surface area contributed by atoms with Gasteiger partial charge in [-0.25, -0.2) is 0 Å². The Kier molecular flexibility index (Phi) is 6.52. The van der Waals surface area contributed by atoms with Gasteiger partial charge in [-0.2, -0.15) is 0 Å². The summed E-state index contributed by atoms with van der Waals surface area (Å²) in [4.78, 5) is 2.56. The Bertz CT molecular complexity index is 656. The number of rotatable bonds is 8. The summed E-state index contributed by atoms with van der Waals surface area (Å²) < 4.78 is 5.45. The number of allylic oxidation sites excluding steroid dienone is 2. The number of unbranched alkanes of at least 4 members (excludes halogenated alkanes) is 2. The molecule has 0 heterocycles. The van der Waals surface area contributed by atoms with Crippen LogP contribution in [0, 0.1) is 0 Å². The van der Waals surface area contributed by atoms with Gasteiger partial charge >= 0.3 is 0 Å². The molecule has 0 aliphatic heterocycles. The van der Waals surface area contributed by atoms with Crippen molar-refractivity contribution in [1.29, 1.82) is 0 Å². The fourth-order valence-corrected chi connectivity index (χ4v) is 3.77. The first-order valence-corrected chi connectivity index (χ1v) is 9.75. The quantitative estimate of drug-likeness (QED) is 0.592. The van der Waals surface area contributed by atoms with E-state index < -0.39 is 0 Å². The second kappa shape index (κ2) is 9.05. The van der Waals surface area contributed by atoms with Gasteiger partial charge in [-0.3, -0.25) is 0 Å². The predicted octanol–water partition coefficient (Wildman–Crippen LogP) is 5.37. The zero-order valence-electron chi connectivity index (χ0n) is 15.7. The van der Waals surface area contributed by atoms with Crippen LogP contribution in [0.25, 0.3) is 5.57 Å². The minimum atomic E-state index is 0.232. The highest BCUT2D eigenvalue weighted by molar-refractivity contribution is 5.71. The van der Waals surface area contributed by atoms with Crippen molar-refractivity contribution in [3.05, 3.63) is 65.4 Å². The highest BCUT2D eigenvalue weighted by Gasteiger charge is 2.18. The van der Waals surface area contributed by atoms with E-state index in [1.165, 1.54) is 48.1 Å². The van der Waals surface area contributed by atoms with Crippen molar-refractivity contribution in [2.24, 2.45) is 0 Å². The standard InChI is InChI=1S/C23H31NO/c1-3-4-7-17-24(21-13-15-22(25-2)16-14-21)18-20-11-8-10-19-9-5-6-12-23(19)20/h5-6,9,11-15,22H,3-4,7-8,10,16-18H2,1-2H3. The molecule has 1 atom stereocenters. The van der Waals surface area contributed by atoms with Crippen LogP contribution in [0.3, 0.4) is 0 Å². The first-order valence-electron chi connectivity index (χ1n) is 9.75. The highest BCUT2D eigenvalue weighted by atomic mass is 16.5. The third-order valence-electron chi connectivity index (χ3n) is 5.27. The van der Waals surface area contributed by atoms with Gasteiger partial charge in [0.15, 0.2) is 0 Å². The summed E-state index contributed by atoms with van der Waals surface area (Å²) in [7, 11) is 1.79. The molecule has 0 saturated heterocycles. The minimum absolute atomic E-state index is 0.232. The van der Waals surface area contributed by atoms with Crippen molar-refractivity contribution in [2.45, 2.75) is 51.6 Å². The topological polar surface area (TPSA) is 12.5 Å². The van der Waals surface area contributed by atoms with Crippen LogP contribution in [-0.2, 0) is 11.2 Å². The Balaban J connectivity index is 1.75. The second-order valence-corrected chi connectivity index (χ2v) is 7.05. The van der Waals surface area contributed by atoms with Crippen LogP contribution >= 0.6 is 0 Å². The molecule has 0 bridgehead atoms. The lowest BCUT2D eigenvalue weighted by atomic mass is 9.90. The van der Waals surface area contributed by atoms with Crippen molar-refractivity contribution in [2.75, 3.05) is 20.2 Å². The van der Waals surface area contributed by atoms with Gasteiger partial charge in [-0.05, 0) is 48.5 Å². The van der Waals surface area contributed by atoms with Crippen LogP contribution in [0.1, 0.15) is 50.2 Å². The Morgan fingerprint density at radius 3 is 2.80 bits per heavy atom. The molecule has 0 radical (unpaired) electrons. The van der Waals surface area contributed by atoms with E-state index in [2.05, 4.69) is 60.4 Å². The highest BCUT2D eigenvalue weighted by Crippen LogP contribution is 2.29. The Morgan fingerprint density at radius 1 is 1.16 bits per heavy atom. The lowest BCUT2D eigenvalue weighted by molar-refractivity contribution is 0.141. The van der Waals surface area contributed by atoms with Gasteiger partial charge in [-0.1, -0.05) is 62.3 Å². The van der Waals surface area contributed by atoms with Crippen LogP contribution < -0.4 is 0 Å². The number of nitrogens with zero attached hydrogens (tertiary/aromatic N) is 1. The molecule has 2 nitrogen and oxygen atoms in total. The Labute approximate surface area is 152 Å². The molecule has 2 aliphatic rings. The zero-order chi connectivity index (χ0) is 17.5. The first-order chi connectivity index (χ1) is 12.3. The average molecular weight is 338 g/mol. The molecule has 25 heavy (non-hydrogen) atoms. The third-order valence-corrected chi connectivity index (χ3v) is 5.27. The van der Waals surface area contributed by atoms with E-state index in [9.17, 15) is 0 Å². The van der Waals surface area contributed by atoms with E-state index in [4.69, 9.17) is 4.74 Å². The van der Waals surface area contributed by atoms with Crippen molar-refractivity contribution in [3.63, 3.8) is 0 Å². The van der Waals surface area contributed by atoms with Crippen LogP contribution in [-0.4, -0.2) is 31.2 Å². The molecule has 0 N–H and O–H groups in total. The maximum Gasteiger partial charge on any atom is 0.0791 e. The summed E-state index contributed by atoms with van der Waals surface area (Å²) in [5.74, 6) is 0. The number of benzene rings is 1. The lowest BCUT2D eigenvalue weighted by Gasteiger charge is -2.31. The number of methoxy groups -OCH3 is 1. The summed E-state index contributed by atoms with van der Waals surface area (Å²) in [5.41, 5.74) is 5.79. The average Bonchev–Trinajstić information content (AvgIpc) is 2.67. The largest absolute Gasteiger partial charge is 0.377 e. The summed E-state index contributed by atoms with van der Waals surface area (Å²) in [6.07, 6.45) is 16.6. The molecule has 0 spiro atoms. The molecule has 0 saturated carbocycles. The molecule has 0 amide bonds. The molecule has 1 aromatic carbocycles. The molecular formula is C23H31NO. The molecule has 0 aromatic heterocycles. The van der Waals surface area contributed by atoms with Crippen molar-refractivity contribution in [1.82, 2.24) is 4.90 Å². The van der Waals surface area contributed by atoms with E-state index in [1.807, 2.05) is 0 Å². The maximum atomic E-state index is 5.45. The van der Waals surface area contributed by atoms with Gasteiger partial charge in [0.25, 0.3) is 0 Å². The minimum Gasteiger partial charge on any atom is -0.377 e. The molecule has 0 fully saturated rings. The van der Waals surface area contributed by atoms with Gasteiger partial charge in [0.2, 0.25) is 0 Å². The normalized spacial score (nSPS) is 19.2. The van der Waals surface area contributed by atoms with Crippen LogP contribution in [0.5, 0.6) is 0 Å². The van der Waals surface area contributed by atoms with Gasteiger partial charge in [0.05, 0.1) is 6.10 Å². The summed E-state index contributed by atoms with van der Waals surface area (Å²) >= 11 is 0. The number of fused-ring (bicyclic) bond motifs is 1. The Hall–Kier alpha value is -1.80. The molecule has 134 valence electrons. The molecule has 2 aliphatic carbocycles. The van der Waals surface area contributed by atoms with E-state index in [1.54, 1.807) is 7.11 Å². The zero-order valence-corrected chi connectivity index (χ0v) is 15.7. The number of hydrogen-bond acceptors (Lipinski definition) is 2. The number of ether oxygens (including phenoxy) is 1. The van der Waals surface area contributed by atoms with E-state index in [-0.39, 0.29) is 6.10 Å². The van der Waals surface area contributed by atoms with Crippen LogP contribution in [0.15, 0.2) is 54.3 Å². The fourth-order valence-electron chi connectivity index (χ4n) is 3.77. The van der Waals surface area contributed by atoms with Crippen molar-refractivity contribution >= 4 is 5.57 Å². The van der Waals surface area contributed by atoms with Gasteiger partial charge < -0.3 is 9.64 Å². The summed E-state index contributed by atoms with van der Waals surface area (Å²) in [5, 5.41) is 0. The maximum absolute atomic E-state index is 5.45. The summed E-state index contributed by atoms with van der Waals surface area (Å²) in [6.45, 7) is 4.41. The van der Waals surface area contributed by atoms with Crippen molar-refractivity contribution < 1.29 is 4.74 Å². The van der Waals surface area contributed by atoms with Crippen LogP contribution in [0.2, 0.25) is 0 Å². The molecule has 1 aromatic rings. The van der Waals surface area contributed by atoms with Crippen molar-refractivity contribution in [3.8, 4) is 0 Å². The van der Waals surface area contributed by atoms with E-state index in [0.717, 1.165) is 25.9 Å². The van der Waals surface area contributed by atoms with Gasteiger partial charge in [-0.15, -0.1) is 0 Å². The predicted molar refractivity (Wildman–Crippen MR) is 106 cm³/mol. The van der Waals surface area contributed by atoms with Gasteiger partial charge in [0, 0.05) is 25.9 Å². The van der Waals surface area contributed by atoms with Gasteiger partial charge in [0.1, 0.15) is 0 Å². The molecule has 1 unspecified atom stereocenters. The fraction of sp³-hybridized carbons (Fsp3) is 0.478. The summed E-state index contributed by atoms with van der Waals surface area (Å²) in [6, 6.07) is 8.91.